The topological polar surface area (TPSA) is 38.3 Å². The summed E-state index contributed by atoms with van der Waals surface area (Å²) in [5.41, 5.74) is 0.516. The molecule has 1 N–H and O–H groups in total. The second-order valence-corrected chi connectivity index (χ2v) is 4.04. The summed E-state index contributed by atoms with van der Waals surface area (Å²) in [7, 11) is 1.52. The second kappa shape index (κ2) is 5.24. The first-order valence-electron chi connectivity index (χ1n) is 4.33. The van der Waals surface area contributed by atoms with Crippen molar-refractivity contribution in [2.45, 2.75) is 12.3 Å². The van der Waals surface area contributed by atoms with Gasteiger partial charge < -0.3 is 10.1 Å². The van der Waals surface area contributed by atoms with Gasteiger partial charge in [-0.1, -0.05) is 11.6 Å². The summed E-state index contributed by atoms with van der Waals surface area (Å²) in [6, 6.07) is 4.97. The van der Waals surface area contributed by atoms with Crippen molar-refractivity contribution in [3.05, 3.63) is 23.2 Å². The molecule has 0 radical (unpaired) electrons. The van der Waals surface area contributed by atoms with Crippen molar-refractivity contribution in [3.63, 3.8) is 0 Å². The highest BCUT2D eigenvalue weighted by molar-refractivity contribution is 6.33. The van der Waals surface area contributed by atoms with E-state index in [9.17, 15) is 4.79 Å². The second-order valence-electron chi connectivity index (χ2n) is 2.95. The number of hydrogen-bond donors (Lipinski definition) is 1. The first kappa shape index (κ1) is 12.1. The Hall–Kier alpha value is -0.930. The highest BCUT2D eigenvalue weighted by Gasteiger charge is 2.12. The molecule has 0 aliphatic rings. The molecule has 0 saturated heterocycles. The summed E-state index contributed by atoms with van der Waals surface area (Å²) in [5, 5.41) is 2.54. The molecule has 1 rings (SSSR count). The van der Waals surface area contributed by atoms with Crippen LogP contribution in [0.1, 0.15) is 6.92 Å². The number of carbonyl (C=O) groups is 1. The third kappa shape index (κ3) is 3.29. The van der Waals surface area contributed by atoms with Gasteiger partial charge in [0.05, 0.1) is 12.8 Å². The lowest BCUT2D eigenvalue weighted by Crippen LogP contribution is -2.20. The molecule has 1 aromatic carbocycles. The zero-order chi connectivity index (χ0) is 11.4. The molecule has 1 amide bonds. The number of alkyl halides is 1. The average Bonchev–Trinajstić information content (AvgIpc) is 2.18. The van der Waals surface area contributed by atoms with Gasteiger partial charge in [0.2, 0.25) is 5.91 Å². The maximum absolute atomic E-state index is 11.3. The van der Waals surface area contributed by atoms with Crippen molar-refractivity contribution in [3.8, 4) is 5.75 Å². The van der Waals surface area contributed by atoms with Gasteiger partial charge in [0.15, 0.2) is 0 Å². The number of rotatable bonds is 3. The lowest BCUT2D eigenvalue weighted by Gasteiger charge is -2.11. The van der Waals surface area contributed by atoms with Gasteiger partial charge in [-0.05, 0) is 25.1 Å². The van der Waals surface area contributed by atoms with E-state index in [0.29, 0.717) is 16.5 Å². The first-order valence-corrected chi connectivity index (χ1v) is 5.14. The van der Waals surface area contributed by atoms with Crippen LogP contribution in [0.3, 0.4) is 0 Å². The number of benzene rings is 1. The smallest absolute Gasteiger partial charge is 0.242 e. The van der Waals surface area contributed by atoms with E-state index in [4.69, 9.17) is 27.9 Å². The fourth-order valence-electron chi connectivity index (χ4n) is 1.01. The van der Waals surface area contributed by atoms with E-state index in [1.807, 2.05) is 0 Å². The quantitative estimate of drug-likeness (QED) is 0.835. The van der Waals surface area contributed by atoms with Crippen LogP contribution in [0.2, 0.25) is 5.02 Å². The van der Waals surface area contributed by atoms with Gasteiger partial charge in [-0.25, -0.2) is 0 Å². The van der Waals surface area contributed by atoms with Gasteiger partial charge in [0.1, 0.15) is 11.1 Å². The van der Waals surface area contributed by atoms with Crippen LogP contribution in [0.4, 0.5) is 5.69 Å². The minimum absolute atomic E-state index is 0.294. The highest BCUT2D eigenvalue weighted by Crippen LogP contribution is 2.27. The Kier molecular flexibility index (Phi) is 4.24. The molecule has 0 fully saturated rings. The van der Waals surface area contributed by atoms with Crippen LogP contribution in [0, 0.1) is 0 Å². The Bertz CT molecular complexity index is 366. The molecule has 82 valence electrons. The molecule has 0 saturated carbocycles. The molecule has 0 heterocycles. The highest BCUT2D eigenvalue weighted by atomic mass is 35.5. The van der Waals surface area contributed by atoms with Crippen molar-refractivity contribution >= 4 is 34.8 Å². The zero-order valence-corrected chi connectivity index (χ0v) is 9.89. The van der Waals surface area contributed by atoms with Crippen molar-refractivity contribution in [1.82, 2.24) is 0 Å². The van der Waals surface area contributed by atoms with Gasteiger partial charge in [-0.15, -0.1) is 11.6 Å². The molecule has 1 atom stereocenters. The minimum Gasteiger partial charge on any atom is -0.495 e. The fourth-order valence-corrected chi connectivity index (χ4v) is 1.24. The molecule has 0 spiro atoms. The normalized spacial score (nSPS) is 12.0. The van der Waals surface area contributed by atoms with Gasteiger partial charge in [0, 0.05) is 5.02 Å². The molecule has 3 nitrogen and oxygen atoms in total. The third-order valence-corrected chi connectivity index (χ3v) is 2.21. The van der Waals surface area contributed by atoms with E-state index >= 15 is 0 Å². The lowest BCUT2D eigenvalue weighted by atomic mass is 10.3. The van der Waals surface area contributed by atoms with E-state index in [1.54, 1.807) is 25.1 Å². The Morgan fingerprint density at radius 3 is 2.73 bits per heavy atom. The SMILES string of the molecule is COc1ccc(Cl)cc1NC(=O)[C@@H](C)Cl. The van der Waals surface area contributed by atoms with E-state index < -0.39 is 5.38 Å². The largest absolute Gasteiger partial charge is 0.495 e. The molecular formula is C10H11Cl2NO2. The van der Waals surface area contributed by atoms with Crippen LogP contribution < -0.4 is 10.1 Å². The molecular weight excluding hydrogens is 237 g/mol. The Balaban J connectivity index is 2.92. The number of methoxy groups -OCH3 is 1. The van der Waals surface area contributed by atoms with Gasteiger partial charge in [0.25, 0.3) is 0 Å². The predicted molar refractivity (Wildman–Crippen MR) is 61.9 cm³/mol. The summed E-state index contributed by atoms with van der Waals surface area (Å²) in [6.45, 7) is 1.59. The lowest BCUT2D eigenvalue weighted by molar-refractivity contribution is -0.115. The molecule has 0 aliphatic heterocycles. The maximum Gasteiger partial charge on any atom is 0.242 e. The number of carbonyl (C=O) groups excluding carboxylic acids is 1. The summed E-state index contributed by atoms with van der Waals surface area (Å²) >= 11 is 11.4. The molecule has 0 aromatic heterocycles. The summed E-state index contributed by atoms with van der Waals surface area (Å²) < 4.78 is 5.06. The van der Waals surface area contributed by atoms with Gasteiger partial charge in [-0.2, -0.15) is 0 Å². The first-order chi connectivity index (χ1) is 7.04. The average molecular weight is 248 g/mol. The predicted octanol–water partition coefficient (Wildman–Crippen LogP) is 2.91. The van der Waals surface area contributed by atoms with Crippen LogP contribution in [0.25, 0.3) is 0 Å². The monoisotopic (exact) mass is 247 g/mol. The zero-order valence-electron chi connectivity index (χ0n) is 8.38. The van der Waals surface area contributed by atoms with Crippen LogP contribution >= 0.6 is 23.2 Å². The summed E-state index contributed by atoms with van der Waals surface area (Å²) in [4.78, 5) is 11.3. The molecule has 1 aromatic rings. The minimum atomic E-state index is -0.603. The van der Waals surface area contributed by atoms with Crippen molar-refractivity contribution in [2.75, 3.05) is 12.4 Å². The van der Waals surface area contributed by atoms with E-state index in [-0.39, 0.29) is 5.91 Å². The number of nitrogens with one attached hydrogen (secondary N) is 1. The van der Waals surface area contributed by atoms with E-state index in [1.165, 1.54) is 7.11 Å². The van der Waals surface area contributed by atoms with E-state index in [2.05, 4.69) is 5.32 Å². The Morgan fingerprint density at radius 2 is 2.20 bits per heavy atom. The van der Waals surface area contributed by atoms with Crippen LogP contribution in [0.5, 0.6) is 5.75 Å². The number of anilines is 1. The number of halogens is 2. The Labute approximate surface area is 98.3 Å². The fraction of sp³-hybridized carbons (Fsp3) is 0.300. The van der Waals surface area contributed by atoms with Gasteiger partial charge in [-0.3, -0.25) is 4.79 Å². The van der Waals surface area contributed by atoms with Crippen LogP contribution in [-0.2, 0) is 4.79 Å². The van der Waals surface area contributed by atoms with Crippen molar-refractivity contribution in [2.24, 2.45) is 0 Å². The van der Waals surface area contributed by atoms with Crippen molar-refractivity contribution < 1.29 is 9.53 Å². The standard InChI is InChI=1S/C10H11Cl2NO2/c1-6(11)10(14)13-8-5-7(12)3-4-9(8)15-2/h3-6H,1-2H3,(H,13,14)/t6-/m1/s1. The number of hydrogen-bond acceptors (Lipinski definition) is 2. The Morgan fingerprint density at radius 1 is 1.53 bits per heavy atom. The van der Waals surface area contributed by atoms with Crippen LogP contribution in [-0.4, -0.2) is 18.4 Å². The molecule has 0 bridgehead atoms. The number of amides is 1. The maximum atomic E-state index is 11.3. The van der Waals surface area contributed by atoms with Crippen molar-refractivity contribution in [1.29, 1.82) is 0 Å². The summed E-state index contributed by atoms with van der Waals surface area (Å²) in [5.74, 6) is 0.252. The van der Waals surface area contributed by atoms with E-state index in [0.717, 1.165) is 0 Å². The van der Waals surface area contributed by atoms with Gasteiger partial charge >= 0.3 is 0 Å². The molecule has 0 aliphatic carbocycles. The molecule has 0 unspecified atom stereocenters. The third-order valence-electron chi connectivity index (χ3n) is 1.78. The van der Waals surface area contributed by atoms with Crippen LogP contribution in [0.15, 0.2) is 18.2 Å². The number of ether oxygens (including phenoxy) is 1. The molecule has 15 heavy (non-hydrogen) atoms. The summed E-state index contributed by atoms with van der Waals surface area (Å²) in [6.07, 6.45) is 0. The molecule has 5 heteroatoms.